The number of rotatable bonds is 6. The van der Waals surface area contributed by atoms with E-state index >= 15 is 0 Å². The summed E-state index contributed by atoms with van der Waals surface area (Å²) < 4.78 is 38.4. The van der Waals surface area contributed by atoms with Gasteiger partial charge in [-0.05, 0) is 5.44 Å². The molecule has 0 saturated carbocycles. The fourth-order valence-corrected chi connectivity index (χ4v) is 3.12. The molecule has 1 unspecified atom stereocenters. The molecule has 0 bridgehead atoms. The van der Waals surface area contributed by atoms with Gasteiger partial charge in [-0.3, -0.25) is 0 Å². The lowest BCUT2D eigenvalue weighted by Crippen LogP contribution is -2.22. The van der Waals surface area contributed by atoms with Crippen LogP contribution in [0, 0.1) is 5.92 Å². The van der Waals surface area contributed by atoms with Crippen LogP contribution in [0.4, 0.5) is 12.9 Å². The third kappa shape index (κ3) is 10.8. The van der Waals surface area contributed by atoms with Gasteiger partial charge >= 0.3 is 7.18 Å². The van der Waals surface area contributed by atoms with E-state index in [0.29, 0.717) is 12.6 Å². The SMILES string of the molecule is [B]P(I)C[C+](C)CCO[B-](F)(F)F. The normalized spacial score (nSPS) is 14.2. The lowest BCUT2D eigenvalue weighted by molar-refractivity contribution is 0.176. The third-order valence-electron chi connectivity index (χ3n) is 1.26. The van der Waals surface area contributed by atoms with Crippen LogP contribution in [0.25, 0.3) is 0 Å². The van der Waals surface area contributed by atoms with Crippen molar-refractivity contribution >= 4 is 42.2 Å². The molecule has 0 amide bonds. The van der Waals surface area contributed by atoms with E-state index < -0.39 is 12.6 Å². The highest BCUT2D eigenvalue weighted by Crippen LogP contribution is 2.42. The Balaban J connectivity index is 3.42. The van der Waals surface area contributed by atoms with E-state index in [1.165, 1.54) is 0 Å². The van der Waals surface area contributed by atoms with Gasteiger partial charge in [0.2, 0.25) is 0 Å². The Kier molecular flexibility index (Phi) is 6.85. The smallest absolute Gasteiger partial charge is 0.505 e. The Morgan fingerprint density at radius 2 is 2.08 bits per heavy atom. The lowest BCUT2D eigenvalue weighted by Gasteiger charge is -2.15. The maximum atomic E-state index is 11.6. The van der Waals surface area contributed by atoms with Gasteiger partial charge in [0.1, 0.15) is 20.1 Å². The molecule has 0 aromatic rings. The van der Waals surface area contributed by atoms with Gasteiger partial charge in [-0.1, -0.05) is 22.0 Å². The van der Waals surface area contributed by atoms with E-state index in [2.05, 4.69) is 26.7 Å². The summed E-state index contributed by atoms with van der Waals surface area (Å²) in [5, 5.41) is 0. The van der Waals surface area contributed by atoms with Crippen molar-refractivity contribution in [1.29, 1.82) is 0 Å². The van der Waals surface area contributed by atoms with Crippen molar-refractivity contribution in [1.82, 2.24) is 0 Å². The van der Waals surface area contributed by atoms with Crippen LogP contribution in [-0.2, 0) is 4.65 Å². The zero-order valence-electron chi connectivity index (χ0n) is 7.14. The van der Waals surface area contributed by atoms with Crippen molar-refractivity contribution in [3.8, 4) is 0 Å². The topological polar surface area (TPSA) is 9.23 Å². The molecule has 0 spiro atoms. The second kappa shape index (κ2) is 6.40. The van der Waals surface area contributed by atoms with Gasteiger partial charge in [-0.15, -0.1) is 0 Å². The predicted molar refractivity (Wildman–Crippen MR) is 60.1 cm³/mol. The first-order chi connectivity index (χ1) is 5.81. The lowest BCUT2D eigenvalue weighted by atomic mass is 10.1. The van der Waals surface area contributed by atoms with Crippen LogP contribution < -0.4 is 0 Å². The first-order valence-corrected chi connectivity index (χ1v) is 8.01. The molecular weight excluding hydrogens is 313 g/mol. The van der Waals surface area contributed by atoms with Gasteiger partial charge in [-0.25, -0.2) is 0 Å². The van der Waals surface area contributed by atoms with Crippen LogP contribution in [0.5, 0.6) is 0 Å². The molecule has 13 heavy (non-hydrogen) atoms. The molecule has 0 fully saturated rings. The summed E-state index contributed by atoms with van der Waals surface area (Å²) in [6.07, 6.45) is 1.03. The minimum absolute atomic E-state index is 0.283. The van der Waals surface area contributed by atoms with Gasteiger partial charge in [-0.2, -0.15) is 0 Å². The third-order valence-corrected chi connectivity index (χ3v) is 3.12. The molecule has 0 aliphatic heterocycles. The molecule has 0 saturated heterocycles. The van der Waals surface area contributed by atoms with Crippen molar-refractivity contribution in [3.63, 3.8) is 0 Å². The molecule has 0 aromatic carbocycles. The van der Waals surface area contributed by atoms with Gasteiger partial charge < -0.3 is 17.6 Å². The Hall–Kier alpha value is 0.910. The molecule has 0 heterocycles. The molecule has 2 radical (unpaired) electrons. The fraction of sp³-hybridized carbons (Fsp3) is 0.800. The van der Waals surface area contributed by atoms with Crippen molar-refractivity contribution < 1.29 is 17.6 Å². The standard InChI is InChI=1S/C5H9B2F3IOP/c1-5(4-13(6)11)2-3-12-7(8,9)10/h2-4H2,1H3. The van der Waals surface area contributed by atoms with E-state index in [1.54, 1.807) is 6.92 Å². The first-order valence-electron chi connectivity index (χ1n) is 3.63. The average molecular weight is 322 g/mol. The summed E-state index contributed by atoms with van der Waals surface area (Å²) in [6, 6.07) is 0. The van der Waals surface area contributed by atoms with Crippen LogP contribution in [0.3, 0.4) is 0 Å². The van der Waals surface area contributed by atoms with E-state index in [-0.39, 0.29) is 6.61 Å². The molecule has 0 aliphatic carbocycles. The largest absolute Gasteiger partial charge is 0.637 e. The Morgan fingerprint density at radius 1 is 1.54 bits per heavy atom. The van der Waals surface area contributed by atoms with Crippen LogP contribution >= 0.6 is 27.5 Å². The summed E-state index contributed by atoms with van der Waals surface area (Å²) in [5.41, 5.74) is -0.583. The highest BCUT2D eigenvalue weighted by atomic mass is 127. The fourth-order valence-electron chi connectivity index (χ4n) is 0.704. The number of hydrogen-bond donors (Lipinski definition) is 0. The van der Waals surface area contributed by atoms with E-state index in [1.807, 2.05) is 0 Å². The second-order valence-electron chi connectivity index (χ2n) is 2.65. The molecule has 1 atom stereocenters. The highest BCUT2D eigenvalue weighted by Gasteiger charge is 2.26. The summed E-state index contributed by atoms with van der Waals surface area (Å²) in [7, 11) is 0.426. The summed E-state index contributed by atoms with van der Waals surface area (Å²) in [6.45, 7) is 1.52. The number of halogens is 4. The van der Waals surface area contributed by atoms with Crippen molar-refractivity contribution in [3.05, 3.63) is 5.92 Å². The van der Waals surface area contributed by atoms with Gasteiger partial charge in [0.05, 0.1) is 12.8 Å². The molecular formula is C5H9B2F3IOP. The predicted octanol–water partition coefficient (Wildman–Crippen LogP) is 3.25. The minimum atomic E-state index is -5.10. The molecule has 8 heteroatoms. The van der Waals surface area contributed by atoms with Crippen molar-refractivity contribution in [2.75, 3.05) is 12.8 Å². The zero-order chi connectivity index (χ0) is 10.5. The molecule has 0 aliphatic rings. The van der Waals surface area contributed by atoms with Crippen LogP contribution in [0.2, 0.25) is 0 Å². The summed E-state index contributed by atoms with van der Waals surface area (Å²) in [4.78, 5) is 0. The molecule has 74 valence electrons. The summed E-state index contributed by atoms with van der Waals surface area (Å²) >= 11 is 2.09. The zero-order valence-corrected chi connectivity index (χ0v) is 10.2. The maximum absolute atomic E-state index is 11.6. The average Bonchev–Trinajstić information content (AvgIpc) is 1.81. The van der Waals surface area contributed by atoms with Crippen LogP contribution in [0.1, 0.15) is 13.3 Å². The summed E-state index contributed by atoms with van der Waals surface area (Å²) in [5.74, 6) is 0.961. The molecule has 0 aromatic heterocycles. The molecule has 0 rings (SSSR count). The van der Waals surface area contributed by atoms with Crippen LogP contribution in [-0.4, -0.2) is 27.5 Å². The Bertz CT molecular complexity index is 146. The Morgan fingerprint density at radius 3 is 2.46 bits per heavy atom. The van der Waals surface area contributed by atoms with Crippen molar-refractivity contribution in [2.24, 2.45) is 0 Å². The maximum Gasteiger partial charge on any atom is 0.637 e. The number of hydrogen-bond acceptors (Lipinski definition) is 1. The monoisotopic (exact) mass is 322 g/mol. The molecule has 1 nitrogen and oxygen atoms in total. The Labute approximate surface area is 91.9 Å². The van der Waals surface area contributed by atoms with Crippen LogP contribution in [0.15, 0.2) is 0 Å². The van der Waals surface area contributed by atoms with E-state index in [4.69, 9.17) is 7.57 Å². The van der Waals surface area contributed by atoms with Crippen molar-refractivity contribution in [2.45, 2.75) is 13.3 Å². The minimum Gasteiger partial charge on any atom is -0.505 e. The van der Waals surface area contributed by atoms with E-state index in [9.17, 15) is 12.9 Å². The molecule has 0 N–H and O–H groups in total. The second-order valence-corrected chi connectivity index (χ2v) is 7.48. The quantitative estimate of drug-likeness (QED) is 0.316. The first kappa shape index (κ1) is 13.9. The van der Waals surface area contributed by atoms with Gasteiger partial charge in [0.15, 0.2) is 0 Å². The van der Waals surface area contributed by atoms with Gasteiger partial charge in [0, 0.05) is 6.61 Å². The highest BCUT2D eigenvalue weighted by molar-refractivity contribution is 14.2. The van der Waals surface area contributed by atoms with Gasteiger partial charge in [0.25, 0.3) is 0 Å². The van der Waals surface area contributed by atoms with E-state index in [0.717, 1.165) is 5.92 Å².